The van der Waals surface area contributed by atoms with Crippen molar-refractivity contribution in [1.29, 1.82) is 0 Å². The number of hydrogen-bond donors (Lipinski definition) is 1. The fourth-order valence-electron chi connectivity index (χ4n) is 3.62. The Morgan fingerprint density at radius 3 is 2.33 bits per heavy atom. The number of hydrogen-bond acceptors (Lipinski definition) is 3. The van der Waals surface area contributed by atoms with Crippen LogP contribution in [-0.2, 0) is 0 Å². The third-order valence-corrected chi connectivity index (χ3v) is 6.58. The van der Waals surface area contributed by atoms with Gasteiger partial charge in [-0.05, 0) is 78.1 Å². The van der Waals surface area contributed by atoms with E-state index in [1.54, 1.807) is 11.8 Å². The van der Waals surface area contributed by atoms with E-state index < -0.39 is 0 Å². The summed E-state index contributed by atoms with van der Waals surface area (Å²) in [6.07, 6.45) is 7.75. The minimum atomic E-state index is 0.102. The van der Waals surface area contributed by atoms with Crippen molar-refractivity contribution in [1.82, 2.24) is 5.32 Å². The van der Waals surface area contributed by atoms with E-state index in [1.165, 1.54) is 34.4 Å². The molecule has 0 unspecified atom stereocenters. The Bertz CT molecular complexity index is 928. The first-order chi connectivity index (χ1) is 13.1. The van der Waals surface area contributed by atoms with Crippen LogP contribution in [0.2, 0.25) is 0 Å². The molecule has 4 rings (SSSR count). The first-order valence-electron chi connectivity index (χ1n) is 8.98. The number of aliphatic imine (C=N–C) groups is 1. The molecular formula is C22H20Br2N2S. The Morgan fingerprint density at radius 1 is 1.00 bits per heavy atom. The molecule has 0 spiro atoms. The second-order valence-electron chi connectivity index (χ2n) is 6.69. The Labute approximate surface area is 181 Å². The molecule has 1 atom stereocenters. The molecule has 27 heavy (non-hydrogen) atoms. The molecule has 5 heteroatoms. The summed E-state index contributed by atoms with van der Waals surface area (Å²) in [5.74, 6) is 0. The van der Waals surface area contributed by atoms with Gasteiger partial charge >= 0.3 is 0 Å². The second-order valence-corrected chi connectivity index (χ2v) is 9.32. The first-order valence-corrected chi connectivity index (χ1v) is 11.8. The van der Waals surface area contributed by atoms with E-state index in [0.717, 1.165) is 27.0 Å². The van der Waals surface area contributed by atoms with Crippen molar-refractivity contribution in [3.63, 3.8) is 0 Å². The number of halogens is 2. The third-order valence-electron chi connectivity index (χ3n) is 4.93. The van der Waals surface area contributed by atoms with Crippen LogP contribution in [0.15, 0.2) is 79.3 Å². The first kappa shape index (κ1) is 19.0. The molecule has 0 saturated heterocycles. The normalized spacial score (nSPS) is 20.9. The summed E-state index contributed by atoms with van der Waals surface area (Å²) in [5, 5.41) is 4.59. The smallest absolute Gasteiger partial charge is 0.161 e. The molecular weight excluding hydrogens is 484 g/mol. The lowest BCUT2D eigenvalue weighted by molar-refractivity contribution is 0.659. The number of benzene rings is 2. The quantitative estimate of drug-likeness (QED) is 0.472. The maximum absolute atomic E-state index is 5.00. The molecule has 0 saturated carbocycles. The summed E-state index contributed by atoms with van der Waals surface area (Å²) >= 11 is 8.73. The van der Waals surface area contributed by atoms with Crippen molar-refractivity contribution < 1.29 is 0 Å². The van der Waals surface area contributed by atoms with Gasteiger partial charge < -0.3 is 5.32 Å². The van der Waals surface area contributed by atoms with Crippen molar-refractivity contribution in [3.8, 4) is 0 Å². The summed E-state index contributed by atoms with van der Waals surface area (Å²) in [6, 6.07) is 17.2. The Hall–Kier alpha value is -1.30. The number of allylic oxidation sites excluding steroid dienone is 1. The average molecular weight is 504 g/mol. The van der Waals surface area contributed by atoms with E-state index in [-0.39, 0.29) is 6.04 Å². The van der Waals surface area contributed by atoms with Crippen LogP contribution >= 0.6 is 43.6 Å². The van der Waals surface area contributed by atoms with Crippen molar-refractivity contribution in [2.45, 2.75) is 25.3 Å². The molecule has 0 bridgehead atoms. The van der Waals surface area contributed by atoms with Gasteiger partial charge in [-0.2, -0.15) is 0 Å². The van der Waals surface area contributed by atoms with E-state index in [4.69, 9.17) is 4.99 Å². The van der Waals surface area contributed by atoms with Crippen molar-refractivity contribution in [3.05, 3.63) is 85.4 Å². The summed E-state index contributed by atoms with van der Waals surface area (Å²) in [5.41, 5.74) is 6.55. The number of nitrogens with one attached hydrogen (secondary N) is 1. The zero-order chi connectivity index (χ0) is 18.8. The van der Waals surface area contributed by atoms with Gasteiger partial charge in [0.25, 0.3) is 0 Å². The van der Waals surface area contributed by atoms with Crippen LogP contribution in [0.4, 0.5) is 0 Å². The highest BCUT2D eigenvalue weighted by atomic mass is 79.9. The van der Waals surface area contributed by atoms with Gasteiger partial charge in [0.1, 0.15) is 6.04 Å². The van der Waals surface area contributed by atoms with Crippen LogP contribution in [0, 0.1) is 0 Å². The van der Waals surface area contributed by atoms with E-state index in [2.05, 4.69) is 98.0 Å². The lowest BCUT2D eigenvalue weighted by atomic mass is 9.84. The molecule has 2 aromatic carbocycles. The van der Waals surface area contributed by atoms with E-state index >= 15 is 0 Å². The molecule has 2 aromatic rings. The molecule has 0 radical (unpaired) electrons. The largest absolute Gasteiger partial charge is 0.335 e. The van der Waals surface area contributed by atoms with Gasteiger partial charge in [-0.25, -0.2) is 4.99 Å². The van der Waals surface area contributed by atoms with Crippen LogP contribution in [-0.4, -0.2) is 11.4 Å². The lowest BCUT2D eigenvalue weighted by Crippen LogP contribution is -2.30. The van der Waals surface area contributed by atoms with Gasteiger partial charge in [0, 0.05) is 14.6 Å². The molecule has 0 aromatic heterocycles. The van der Waals surface area contributed by atoms with Gasteiger partial charge in [0.2, 0.25) is 0 Å². The standard InChI is InChI=1S/C22H20Br2N2S/c1-27-22-25-20(15-7-11-18(24)12-8-15)19-4-2-3-16(21(19)26-22)13-14-5-9-17(23)10-6-14/h5-13,20H,2-4H2,1H3,(H,25,26)/b16-13+/t20-/m0/s1. The minimum absolute atomic E-state index is 0.102. The Morgan fingerprint density at radius 2 is 1.67 bits per heavy atom. The predicted octanol–water partition coefficient (Wildman–Crippen LogP) is 7.10. The van der Waals surface area contributed by atoms with Crippen molar-refractivity contribution in [2.75, 3.05) is 6.26 Å². The van der Waals surface area contributed by atoms with Crippen molar-refractivity contribution >= 4 is 54.9 Å². The number of rotatable bonds is 2. The zero-order valence-corrected chi connectivity index (χ0v) is 19.0. The van der Waals surface area contributed by atoms with Gasteiger partial charge in [0.05, 0.1) is 0 Å². The number of thioether (sulfide) groups is 1. The van der Waals surface area contributed by atoms with E-state index in [1.807, 2.05) is 0 Å². The zero-order valence-electron chi connectivity index (χ0n) is 15.0. The van der Waals surface area contributed by atoms with Crippen LogP contribution in [0.3, 0.4) is 0 Å². The number of amidine groups is 1. The van der Waals surface area contributed by atoms with Crippen molar-refractivity contribution in [2.24, 2.45) is 4.99 Å². The summed E-state index contributed by atoms with van der Waals surface area (Å²) in [6.45, 7) is 0. The molecule has 1 aliphatic carbocycles. The highest BCUT2D eigenvalue weighted by Crippen LogP contribution is 2.41. The molecule has 2 aliphatic rings. The fraction of sp³-hybridized carbons (Fsp3) is 0.227. The molecule has 1 aliphatic heterocycles. The van der Waals surface area contributed by atoms with Gasteiger partial charge in [-0.3, -0.25) is 0 Å². The Balaban J connectivity index is 1.76. The molecule has 0 fully saturated rings. The second kappa shape index (κ2) is 8.38. The molecule has 138 valence electrons. The van der Waals surface area contributed by atoms with Crippen LogP contribution in [0.1, 0.15) is 36.4 Å². The van der Waals surface area contributed by atoms with Crippen LogP contribution < -0.4 is 5.32 Å². The SMILES string of the molecule is CSC1=N[C@@H](c2ccc(Br)cc2)C2=C(N1)/C(=C/c1ccc(Br)cc1)CCC2. The fourth-order valence-corrected chi connectivity index (χ4v) is 4.57. The maximum atomic E-state index is 5.00. The third kappa shape index (κ3) is 4.25. The van der Waals surface area contributed by atoms with Crippen LogP contribution in [0.25, 0.3) is 6.08 Å². The van der Waals surface area contributed by atoms with E-state index in [9.17, 15) is 0 Å². The van der Waals surface area contributed by atoms with Gasteiger partial charge in [-0.1, -0.05) is 67.9 Å². The molecule has 0 amide bonds. The Kier molecular flexibility index (Phi) is 5.90. The van der Waals surface area contributed by atoms with E-state index in [0.29, 0.717) is 0 Å². The topological polar surface area (TPSA) is 24.4 Å². The summed E-state index contributed by atoms with van der Waals surface area (Å²) < 4.78 is 2.21. The minimum Gasteiger partial charge on any atom is -0.335 e. The average Bonchev–Trinajstić information content (AvgIpc) is 2.70. The molecule has 1 heterocycles. The maximum Gasteiger partial charge on any atom is 0.161 e. The lowest BCUT2D eigenvalue weighted by Gasteiger charge is -2.32. The summed E-state index contributed by atoms with van der Waals surface area (Å²) in [7, 11) is 0. The molecule has 2 nitrogen and oxygen atoms in total. The van der Waals surface area contributed by atoms with Crippen LogP contribution in [0.5, 0.6) is 0 Å². The number of nitrogens with zero attached hydrogens (tertiary/aromatic N) is 1. The highest BCUT2D eigenvalue weighted by molar-refractivity contribution is 9.10. The molecule has 1 N–H and O–H groups in total. The highest BCUT2D eigenvalue weighted by Gasteiger charge is 2.29. The summed E-state index contributed by atoms with van der Waals surface area (Å²) in [4.78, 5) is 5.00. The predicted molar refractivity (Wildman–Crippen MR) is 124 cm³/mol. The van der Waals surface area contributed by atoms with Gasteiger partial charge in [0.15, 0.2) is 5.17 Å². The van der Waals surface area contributed by atoms with Gasteiger partial charge in [-0.15, -0.1) is 0 Å². The monoisotopic (exact) mass is 502 g/mol.